The molecule has 0 spiro atoms. The SMILES string of the molecule is CCn1c(SCC(=O)Nc2ccc(Br)c(Cl)c2)nnc1C(CO)NC(=O)c1ccc(OC)cc1. The predicted molar refractivity (Wildman–Crippen MR) is 134 cm³/mol. The van der Waals surface area contributed by atoms with Gasteiger partial charge in [0.1, 0.15) is 11.8 Å². The molecule has 0 saturated carbocycles. The van der Waals surface area contributed by atoms with Crippen molar-refractivity contribution in [2.75, 3.05) is 24.8 Å². The predicted octanol–water partition coefficient (Wildman–Crippen LogP) is 3.92. The van der Waals surface area contributed by atoms with Gasteiger partial charge in [-0.15, -0.1) is 10.2 Å². The molecule has 3 rings (SSSR count). The van der Waals surface area contributed by atoms with Gasteiger partial charge in [-0.1, -0.05) is 23.4 Å². The summed E-state index contributed by atoms with van der Waals surface area (Å²) in [5.41, 5.74) is 0.999. The van der Waals surface area contributed by atoms with Crippen LogP contribution in [0.4, 0.5) is 5.69 Å². The van der Waals surface area contributed by atoms with Gasteiger partial charge in [-0.2, -0.15) is 0 Å². The molecule has 0 aliphatic heterocycles. The highest BCUT2D eigenvalue weighted by Crippen LogP contribution is 2.26. The zero-order chi connectivity index (χ0) is 24.7. The number of rotatable bonds is 10. The maximum Gasteiger partial charge on any atom is 0.251 e. The van der Waals surface area contributed by atoms with Crippen LogP contribution in [0.15, 0.2) is 52.1 Å². The summed E-state index contributed by atoms with van der Waals surface area (Å²) < 4.78 is 7.60. The molecule has 0 aliphatic rings. The fraction of sp³-hybridized carbons (Fsp3) is 0.273. The molecule has 12 heteroatoms. The van der Waals surface area contributed by atoms with E-state index in [1.54, 1.807) is 54.1 Å². The molecular weight excluding hydrogens is 546 g/mol. The van der Waals surface area contributed by atoms with Crippen LogP contribution in [0.1, 0.15) is 29.1 Å². The van der Waals surface area contributed by atoms with Crippen LogP contribution < -0.4 is 15.4 Å². The van der Waals surface area contributed by atoms with Gasteiger partial charge in [0.25, 0.3) is 5.91 Å². The van der Waals surface area contributed by atoms with Gasteiger partial charge in [0.15, 0.2) is 11.0 Å². The van der Waals surface area contributed by atoms with Gasteiger partial charge in [0.2, 0.25) is 5.91 Å². The van der Waals surface area contributed by atoms with Crippen LogP contribution in [0.25, 0.3) is 0 Å². The molecule has 1 heterocycles. The summed E-state index contributed by atoms with van der Waals surface area (Å²) in [6, 6.07) is 11.0. The summed E-state index contributed by atoms with van der Waals surface area (Å²) in [4.78, 5) is 25.0. The average molecular weight is 569 g/mol. The second kappa shape index (κ2) is 12.2. The normalized spacial score (nSPS) is 11.7. The Morgan fingerprint density at radius 2 is 1.97 bits per heavy atom. The van der Waals surface area contributed by atoms with Crippen LogP contribution in [-0.2, 0) is 11.3 Å². The molecule has 2 aromatic carbocycles. The summed E-state index contributed by atoms with van der Waals surface area (Å²) in [6.45, 7) is 2.01. The number of nitrogens with one attached hydrogen (secondary N) is 2. The van der Waals surface area contributed by atoms with Crippen molar-refractivity contribution in [3.05, 3.63) is 63.3 Å². The lowest BCUT2D eigenvalue weighted by molar-refractivity contribution is -0.113. The number of anilines is 1. The summed E-state index contributed by atoms with van der Waals surface area (Å²) in [5.74, 6) is 0.522. The lowest BCUT2D eigenvalue weighted by Gasteiger charge is -2.17. The monoisotopic (exact) mass is 567 g/mol. The summed E-state index contributed by atoms with van der Waals surface area (Å²) in [5, 5.41) is 24.8. The van der Waals surface area contributed by atoms with E-state index in [1.807, 2.05) is 6.92 Å². The Labute approximate surface area is 214 Å². The first-order valence-electron chi connectivity index (χ1n) is 10.2. The molecule has 0 aliphatic carbocycles. The fourth-order valence-corrected chi connectivity index (χ4v) is 4.28. The molecule has 0 fully saturated rings. The number of halogens is 2. The number of nitrogens with zero attached hydrogens (tertiary/aromatic N) is 3. The second-order valence-corrected chi connectivity index (χ2v) is 9.19. The number of aliphatic hydroxyl groups is 1. The van der Waals surface area contributed by atoms with Gasteiger partial charge in [0, 0.05) is 22.3 Å². The minimum Gasteiger partial charge on any atom is -0.497 e. The highest BCUT2D eigenvalue weighted by molar-refractivity contribution is 9.10. The smallest absolute Gasteiger partial charge is 0.251 e. The zero-order valence-corrected chi connectivity index (χ0v) is 21.6. The molecule has 3 N–H and O–H groups in total. The topological polar surface area (TPSA) is 118 Å². The lowest BCUT2D eigenvalue weighted by Crippen LogP contribution is -2.32. The number of carbonyl (C=O) groups excluding carboxylic acids is 2. The second-order valence-electron chi connectivity index (χ2n) is 6.99. The molecule has 1 aromatic heterocycles. The molecule has 1 atom stereocenters. The van der Waals surface area contributed by atoms with E-state index in [-0.39, 0.29) is 24.2 Å². The third kappa shape index (κ3) is 6.50. The average Bonchev–Trinajstić information content (AvgIpc) is 3.26. The van der Waals surface area contributed by atoms with E-state index < -0.39 is 6.04 Å². The number of methoxy groups -OCH3 is 1. The summed E-state index contributed by atoms with van der Waals surface area (Å²) in [7, 11) is 1.55. The minimum atomic E-state index is -0.768. The molecule has 180 valence electrons. The standard InChI is InChI=1S/C22H23BrClN5O4S/c1-3-29-20(18(11-30)26-21(32)13-4-7-15(33-2)8-5-13)27-28-22(29)34-12-19(31)25-14-6-9-16(23)17(24)10-14/h4-10,18,30H,3,11-12H2,1-2H3,(H,25,31)(H,26,32). The van der Waals surface area contributed by atoms with Crippen molar-refractivity contribution in [3.63, 3.8) is 0 Å². The Morgan fingerprint density at radius 1 is 1.24 bits per heavy atom. The van der Waals surface area contributed by atoms with E-state index in [4.69, 9.17) is 16.3 Å². The van der Waals surface area contributed by atoms with Crippen LogP contribution >= 0.6 is 39.3 Å². The van der Waals surface area contributed by atoms with Gasteiger partial charge in [-0.05, 0) is 65.3 Å². The van der Waals surface area contributed by atoms with Gasteiger partial charge >= 0.3 is 0 Å². The number of aliphatic hydroxyl groups excluding tert-OH is 1. The van der Waals surface area contributed by atoms with Crippen LogP contribution in [0.5, 0.6) is 5.75 Å². The van der Waals surface area contributed by atoms with Gasteiger partial charge in [-0.3, -0.25) is 9.59 Å². The van der Waals surface area contributed by atoms with E-state index in [1.165, 1.54) is 11.8 Å². The van der Waals surface area contributed by atoms with Crippen molar-refractivity contribution in [3.8, 4) is 5.75 Å². The summed E-state index contributed by atoms with van der Waals surface area (Å²) in [6.07, 6.45) is 0. The molecule has 34 heavy (non-hydrogen) atoms. The first-order valence-corrected chi connectivity index (χ1v) is 12.4. The maximum absolute atomic E-state index is 12.6. The molecule has 0 radical (unpaired) electrons. The van der Waals surface area contributed by atoms with E-state index in [9.17, 15) is 14.7 Å². The van der Waals surface area contributed by atoms with Crippen LogP contribution in [0, 0.1) is 0 Å². The Balaban J connectivity index is 1.65. The van der Waals surface area contributed by atoms with Gasteiger partial charge in [0.05, 0.1) is 24.5 Å². The number of benzene rings is 2. The van der Waals surface area contributed by atoms with E-state index in [0.717, 1.165) is 4.47 Å². The zero-order valence-electron chi connectivity index (χ0n) is 18.4. The molecule has 0 saturated heterocycles. The van der Waals surface area contributed by atoms with Crippen molar-refractivity contribution in [1.29, 1.82) is 0 Å². The molecule has 0 bridgehead atoms. The highest BCUT2D eigenvalue weighted by Gasteiger charge is 2.23. The Kier molecular flexibility index (Phi) is 9.34. The molecule has 3 aromatic rings. The first kappa shape index (κ1) is 26.0. The number of carbonyl (C=O) groups is 2. The number of aromatic nitrogens is 3. The van der Waals surface area contributed by atoms with E-state index >= 15 is 0 Å². The number of hydrogen-bond donors (Lipinski definition) is 3. The maximum atomic E-state index is 12.6. The molecule has 1 unspecified atom stereocenters. The third-order valence-electron chi connectivity index (χ3n) is 4.75. The van der Waals surface area contributed by atoms with Crippen molar-refractivity contribution in [1.82, 2.24) is 20.1 Å². The number of amides is 2. The van der Waals surface area contributed by atoms with Crippen molar-refractivity contribution >= 4 is 56.8 Å². The van der Waals surface area contributed by atoms with Crippen molar-refractivity contribution in [2.24, 2.45) is 0 Å². The fourth-order valence-electron chi connectivity index (χ4n) is 3.04. The Hall–Kier alpha value is -2.60. The number of hydrogen-bond acceptors (Lipinski definition) is 7. The Bertz CT molecular complexity index is 1160. The van der Waals surface area contributed by atoms with Crippen molar-refractivity contribution in [2.45, 2.75) is 24.7 Å². The number of thioether (sulfide) groups is 1. The van der Waals surface area contributed by atoms with Crippen LogP contribution in [0.2, 0.25) is 5.02 Å². The largest absolute Gasteiger partial charge is 0.497 e. The van der Waals surface area contributed by atoms with E-state index in [2.05, 4.69) is 36.8 Å². The lowest BCUT2D eigenvalue weighted by atomic mass is 10.2. The summed E-state index contributed by atoms with van der Waals surface area (Å²) >= 11 is 10.6. The molecule has 9 nitrogen and oxygen atoms in total. The third-order valence-corrected chi connectivity index (χ3v) is 6.95. The number of ether oxygens (including phenoxy) is 1. The van der Waals surface area contributed by atoms with E-state index in [0.29, 0.717) is 39.5 Å². The van der Waals surface area contributed by atoms with Crippen molar-refractivity contribution < 1.29 is 19.4 Å². The first-order chi connectivity index (χ1) is 16.4. The minimum absolute atomic E-state index is 0.0911. The van der Waals surface area contributed by atoms with Crippen LogP contribution in [-0.4, -0.2) is 51.2 Å². The van der Waals surface area contributed by atoms with Crippen LogP contribution in [0.3, 0.4) is 0 Å². The molecular formula is C22H23BrClN5O4S. The highest BCUT2D eigenvalue weighted by atomic mass is 79.9. The quantitative estimate of drug-likeness (QED) is 0.317. The Morgan fingerprint density at radius 3 is 2.59 bits per heavy atom. The van der Waals surface area contributed by atoms with Gasteiger partial charge < -0.3 is 25.0 Å². The van der Waals surface area contributed by atoms with Gasteiger partial charge in [-0.25, -0.2) is 0 Å². The molecule has 2 amide bonds.